The van der Waals surface area contributed by atoms with Gasteiger partial charge in [-0.2, -0.15) is 0 Å². The van der Waals surface area contributed by atoms with Gasteiger partial charge in [-0.05, 0) is 65.3 Å². The molecule has 0 unspecified atom stereocenters. The van der Waals surface area contributed by atoms with Crippen molar-refractivity contribution in [3.05, 3.63) is 78.1 Å². The molecule has 1 aliphatic carbocycles. The standard InChI is InChI=1S/C29H31N3O2.Na.H/c1-29(2,3)22-11-8-19(9-12-22)20-10-14-25-21(16-20)17-26(28(33)34)32(25)27-15-13-24(18-30-27)31-23-6-4-5-7-23;;/h8-18,23,31H,4-7H2,1-3H3,(H,33,34);;. The third kappa shape index (κ3) is 5.32. The second-order valence-electron chi connectivity index (χ2n) is 10.3. The van der Waals surface area contributed by atoms with E-state index in [9.17, 15) is 9.90 Å². The van der Waals surface area contributed by atoms with E-state index in [0.717, 1.165) is 27.7 Å². The number of rotatable bonds is 5. The van der Waals surface area contributed by atoms with E-state index >= 15 is 0 Å². The van der Waals surface area contributed by atoms with Crippen molar-refractivity contribution < 1.29 is 9.90 Å². The first-order valence-electron chi connectivity index (χ1n) is 12.0. The molecule has 35 heavy (non-hydrogen) atoms. The fourth-order valence-corrected chi connectivity index (χ4v) is 4.87. The molecule has 176 valence electrons. The van der Waals surface area contributed by atoms with Crippen molar-refractivity contribution in [2.75, 3.05) is 5.32 Å². The second-order valence-corrected chi connectivity index (χ2v) is 10.3. The molecule has 1 fully saturated rings. The van der Waals surface area contributed by atoms with Crippen LogP contribution in [0.15, 0.2) is 66.9 Å². The van der Waals surface area contributed by atoms with Gasteiger partial charge in [0.2, 0.25) is 0 Å². The van der Waals surface area contributed by atoms with Gasteiger partial charge in [0.25, 0.3) is 0 Å². The van der Waals surface area contributed by atoms with Gasteiger partial charge in [0, 0.05) is 11.4 Å². The first-order valence-corrected chi connectivity index (χ1v) is 12.0. The molecule has 1 saturated carbocycles. The maximum absolute atomic E-state index is 12.1. The predicted molar refractivity (Wildman–Crippen MR) is 145 cm³/mol. The summed E-state index contributed by atoms with van der Waals surface area (Å²) in [4.78, 5) is 16.7. The molecule has 5 nitrogen and oxygen atoms in total. The molecule has 0 bridgehead atoms. The van der Waals surface area contributed by atoms with E-state index in [0.29, 0.717) is 11.9 Å². The Balaban J connectivity index is 0.00000289. The zero-order chi connectivity index (χ0) is 23.9. The van der Waals surface area contributed by atoms with E-state index in [1.807, 2.05) is 24.3 Å². The van der Waals surface area contributed by atoms with Crippen molar-refractivity contribution in [2.24, 2.45) is 0 Å². The molecule has 0 spiro atoms. The number of carboxylic acids is 1. The fraction of sp³-hybridized carbons (Fsp3) is 0.310. The van der Waals surface area contributed by atoms with Gasteiger partial charge in [-0.15, -0.1) is 0 Å². The van der Waals surface area contributed by atoms with Gasteiger partial charge >= 0.3 is 35.5 Å². The number of carbonyl (C=O) groups is 1. The Morgan fingerprint density at radius 1 is 0.971 bits per heavy atom. The molecule has 2 N–H and O–H groups in total. The fourth-order valence-electron chi connectivity index (χ4n) is 4.87. The SMILES string of the molecule is CC(C)(C)c1ccc(-c2ccc3c(c2)cc(C(=O)O)n3-c2ccc(NC3CCCC3)cn2)cc1.[NaH]. The van der Waals surface area contributed by atoms with E-state index < -0.39 is 5.97 Å². The van der Waals surface area contributed by atoms with Crippen LogP contribution in [-0.4, -0.2) is 56.2 Å². The molecule has 0 radical (unpaired) electrons. The molecule has 0 amide bonds. The summed E-state index contributed by atoms with van der Waals surface area (Å²) in [5, 5.41) is 14.3. The zero-order valence-electron chi connectivity index (χ0n) is 20.0. The van der Waals surface area contributed by atoms with Crippen LogP contribution in [0.4, 0.5) is 5.69 Å². The second kappa shape index (κ2) is 10.2. The van der Waals surface area contributed by atoms with Crippen LogP contribution in [0.1, 0.15) is 62.5 Å². The van der Waals surface area contributed by atoms with Gasteiger partial charge in [0.1, 0.15) is 11.5 Å². The van der Waals surface area contributed by atoms with Crippen LogP contribution >= 0.6 is 0 Å². The minimum atomic E-state index is -0.970. The number of hydrogen-bond acceptors (Lipinski definition) is 3. The van der Waals surface area contributed by atoms with Crippen LogP contribution in [-0.2, 0) is 5.41 Å². The summed E-state index contributed by atoms with van der Waals surface area (Å²) in [6, 6.07) is 20.8. The van der Waals surface area contributed by atoms with E-state index in [-0.39, 0.29) is 40.7 Å². The Morgan fingerprint density at radius 3 is 2.26 bits per heavy atom. The number of benzene rings is 2. The first-order chi connectivity index (χ1) is 16.3. The molecular weight excluding hydrogens is 445 g/mol. The third-order valence-corrected chi connectivity index (χ3v) is 6.81. The number of pyridine rings is 1. The van der Waals surface area contributed by atoms with Crippen molar-refractivity contribution >= 4 is 52.1 Å². The molecule has 1 aliphatic rings. The predicted octanol–water partition coefficient (Wildman–Crippen LogP) is 6.39. The Kier molecular flexibility index (Phi) is 7.41. The first kappa shape index (κ1) is 25.5. The van der Waals surface area contributed by atoms with Crippen LogP contribution < -0.4 is 5.32 Å². The molecule has 2 aromatic carbocycles. The molecule has 2 aromatic heterocycles. The van der Waals surface area contributed by atoms with Gasteiger partial charge < -0.3 is 10.4 Å². The van der Waals surface area contributed by atoms with E-state index in [1.54, 1.807) is 16.8 Å². The summed E-state index contributed by atoms with van der Waals surface area (Å²) in [6.07, 6.45) is 6.71. The number of aromatic nitrogens is 2. The maximum atomic E-state index is 12.1. The normalized spacial score (nSPS) is 14.1. The Labute approximate surface area is 228 Å². The van der Waals surface area contributed by atoms with Crippen LogP contribution in [0, 0.1) is 0 Å². The summed E-state index contributed by atoms with van der Waals surface area (Å²) >= 11 is 0. The average molecular weight is 478 g/mol. The number of anilines is 1. The Hall–Kier alpha value is -2.60. The van der Waals surface area contributed by atoms with Crippen molar-refractivity contribution in [1.82, 2.24) is 9.55 Å². The van der Waals surface area contributed by atoms with Crippen molar-refractivity contribution in [3.8, 4) is 16.9 Å². The average Bonchev–Trinajstić information content (AvgIpc) is 3.46. The molecule has 4 aromatic rings. The van der Waals surface area contributed by atoms with Crippen molar-refractivity contribution in [2.45, 2.75) is 57.9 Å². The molecular formula is C29H32N3NaO2. The Morgan fingerprint density at radius 2 is 1.66 bits per heavy atom. The molecule has 5 rings (SSSR count). The number of nitrogens with one attached hydrogen (secondary N) is 1. The molecule has 0 aliphatic heterocycles. The molecule has 0 atom stereocenters. The van der Waals surface area contributed by atoms with Crippen molar-refractivity contribution in [1.29, 1.82) is 0 Å². The Bertz CT molecular complexity index is 1330. The van der Waals surface area contributed by atoms with E-state index in [4.69, 9.17) is 0 Å². The van der Waals surface area contributed by atoms with Gasteiger partial charge in [0.15, 0.2) is 0 Å². The van der Waals surface area contributed by atoms with Crippen molar-refractivity contribution in [3.63, 3.8) is 0 Å². The van der Waals surface area contributed by atoms with Crippen LogP contribution in [0.5, 0.6) is 0 Å². The summed E-state index contributed by atoms with van der Waals surface area (Å²) in [7, 11) is 0. The van der Waals surface area contributed by atoms with Crippen LogP contribution in [0.2, 0.25) is 0 Å². The molecule has 2 heterocycles. The third-order valence-electron chi connectivity index (χ3n) is 6.81. The van der Waals surface area contributed by atoms with Gasteiger partial charge in [0.05, 0.1) is 17.4 Å². The number of fused-ring (bicyclic) bond motifs is 1. The van der Waals surface area contributed by atoms with Gasteiger partial charge in [-0.1, -0.05) is 63.9 Å². The number of aromatic carboxylic acids is 1. The number of nitrogens with zero attached hydrogens (tertiary/aromatic N) is 2. The van der Waals surface area contributed by atoms with E-state index in [1.165, 1.54) is 31.2 Å². The van der Waals surface area contributed by atoms with Crippen LogP contribution in [0.3, 0.4) is 0 Å². The van der Waals surface area contributed by atoms with Gasteiger partial charge in [-0.3, -0.25) is 4.57 Å². The summed E-state index contributed by atoms with van der Waals surface area (Å²) < 4.78 is 1.73. The molecule has 0 saturated heterocycles. The number of carboxylic acid groups (broad SMARTS) is 1. The van der Waals surface area contributed by atoms with E-state index in [2.05, 4.69) is 61.4 Å². The molecule has 6 heteroatoms. The van der Waals surface area contributed by atoms with Gasteiger partial charge in [-0.25, -0.2) is 9.78 Å². The van der Waals surface area contributed by atoms with Crippen LogP contribution in [0.25, 0.3) is 27.8 Å². The summed E-state index contributed by atoms with van der Waals surface area (Å²) in [6.45, 7) is 6.61. The zero-order valence-corrected chi connectivity index (χ0v) is 20.0. The summed E-state index contributed by atoms with van der Waals surface area (Å²) in [5.41, 5.74) is 5.58. The number of hydrogen-bond donors (Lipinski definition) is 2. The quantitative estimate of drug-likeness (QED) is 0.327. The topological polar surface area (TPSA) is 67.2 Å². The minimum absolute atomic E-state index is 0. The summed E-state index contributed by atoms with van der Waals surface area (Å²) in [5.74, 6) is -0.367. The monoisotopic (exact) mass is 477 g/mol.